The molecule has 0 saturated carbocycles. The maximum atomic E-state index is 5.41. The second kappa shape index (κ2) is 8.90. The molecule has 1 rings (SSSR count). The summed E-state index contributed by atoms with van der Waals surface area (Å²) >= 11 is 0. The van der Waals surface area contributed by atoms with Gasteiger partial charge in [0.2, 0.25) is 0 Å². The Hall–Kier alpha value is -1.26. The van der Waals surface area contributed by atoms with Crippen molar-refractivity contribution in [2.45, 2.75) is 39.3 Å². The highest BCUT2D eigenvalue weighted by Gasteiger charge is 2.18. The van der Waals surface area contributed by atoms with Gasteiger partial charge in [-0.15, -0.1) is 0 Å². The molecule has 1 aromatic rings. The number of methoxy groups -OCH3 is 2. The SMILES string of the molecule is CCC(C)N(CC)CC(NC)c1ccc(OC)c(OC)c1. The molecule has 0 aliphatic heterocycles. The molecule has 0 aliphatic carbocycles. The number of ether oxygens (including phenoxy) is 2. The maximum Gasteiger partial charge on any atom is 0.161 e. The van der Waals surface area contributed by atoms with E-state index in [1.807, 2.05) is 13.1 Å². The zero-order chi connectivity index (χ0) is 15.8. The topological polar surface area (TPSA) is 33.7 Å². The Balaban J connectivity index is 2.93. The Morgan fingerprint density at radius 2 is 1.81 bits per heavy atom. The van der Waals surface area contributed by atoms with Crippen LogP contribution in [0, 0.1) is 0 Å². The van der Waals surface area contributed by atoms with Gasteiger partial charge in [-0.1, -0.05) is 19.9 Å². The standard InChI is InChI=1S/C17H30N2O2/c1-7-13(3)19(8-2)12-15(18-4)14-9-10-16(20-5)17(11-14)21-6/h9-11,13,15,18H,7-8,12H2,1-6H3. The minimum absolute atomic E-state index is 0.277. The second-order valence-corrected chi connectivity index (χ2v) is 5.30. The molecular weight excluding hydrogens is 264 g/mol. The van der Waals surface area contributed by atoms with Crippen LogP contribution in [0.3, 0.4) is 0 Å². The fraction of sp³-hybridized carbons (Fsp3) is 0.647. The average molecular weight is 294 g/mol. The largest absolute Gasteiger partial charge is 0.493 e. The average Bonchev–Trinajstić information content (AvgIpc) is 2.54. The Labute approximate surface area is 129 Å². The van der Waals surface area contributed by atoms with Crippen LogP contribution in [0.25, 0.3) is 0 Å². The number of rotatable bonds is 9. The van der Waals surface area contributed by atoms with Crippen molar-refractivity contribution < 1.29 is 9.47 Å². The van der Waals surface area contributed by atoms with Crippen molar-refractivity contribution in [3.63, 3.8) is 0 Å². The Morgan fingerprint density at radius 3 is 2.29 bits per heavy atom. The predicted molar refractivity (Wildman–Crippen MR) is 88.3 cm³/mol. The first kappa shape index (κ1) is 17.8. The molecule has 4 nitrogen and oxygen atoms in total. The van der Waals surface area contributed by atoms with Gasteiger partial charge in [0.25, 0.3) is 0 Å². The van der Waals surface area contributed by atoms with Gasteiger partial charge in [0, 0.05) is 18.6 Å². The van der Waals surface area contributed by atoms with E-state index in [1.54, 1.807) is 14.2 Å². The van der Waals surface area contributed by atoms with E-state index in [1.165, 1.54) is 5.56 Å². The van der Waals surface area contributed by atoms with Crippen LogP contribution in [-0.4, -0.2) is 45.3 Å². The van der Waals surface area contributed by atoms with Crippen LogP contribution < -0.4 is 14.8 Å². The lowest BCUT2D eigenvalue weighted by Crippen LogP contribution is -2.39. The van der Waals surface area contributed by atoms with Crippen molar-refractivity contribution in [3.8, 4) is 11.5 Å². The third-order valence-electron chi connectivity index (χ3n) is 4.20. The molecular formula is C17H30N2O2. The van der Waals surface area contributed by atoms with Crippen LogP contribution in [0.1, 0.15) is 38.8 Å². The lowest BCUT2D eigenvalue weighted by molar-refractivity contribution is 0.194. The third kappa shape index (κ3) is 4.61. The fourth-order valence-electron chi connectivity index (χ4n) is 2.55. The highest BCUT2D eigenvalue weighted by Crippen LogP contribution is 2.30. The zero-order valence-corrected chi connectivity index (χ0v) is 14.3. The summed E-state index contributed by atoms with van der Waals surface area (Å²) in [5, 5.41) is 3.41. The van der Waals surface area contributed by atoms with Crippen LogP contribution in [0.15, 0.2) is 18.2 Å². The number of hydrogen-bond acceptors (Lipinski definition) is 4. The van der Waals surface area contributed by atoms with Gasteiger partial charge < -0.3 is 14.8 Å². The van der Waals surface area contributed by atoms with E-state index < -0.39 is 0 Å². The summed E-state index contributed by atoms with van der Waals surface area (Å²) in [5.41, 5.74) is 1.22. The molecule has 1 aromatic carbocycles. The molecule has 2 unspecified atom stereocenters. The van der Waals surface area contributed by atoms with Gasteiger partial charge in [-0.3, -0.25) is 4.90 Å². The maximum absolute atomic E-state index is 5.41. The number of benzene rings is 1. The summed E-state index contributed by atoms with van der Waals surface area (Å²) < 4.78 is 10.7. The van der Waals surface area contributed by atoms with Gasteiger partial charge in [0.1, 0.15) is 0 Å². The molecule has 0 aromatic heterocycles. The molecule has 120 valence electrons. The van der Waals surface area contributed by atoms with Crippen molar-refractivity contribution in [3.05, 3.63) is 23.8 Å². The summed E-state index contributed by atoms with van der Waals surface area (Å²) in [5.74, 6) is 1.55. The quantitative estimate of drug-likeness (QED) is 0.759. The van der Waals surface area contributed by atoms with Crippen molar-refractivity contribution in [2.75, 3.05) is 34.4 Å². The number of nitrogens with zero attached hydrogens (tertiary/aromatic N) is 1. The van der Waals surface area contributed by atoms with Gasteiger partial charge in [-0.25, -0.2) is 0 Å². The van der Waals surface area contributed by atoms with E-state index in [0.717, 1.165) is 31.0 Å². The first-order valence-electron chi connectivity index (χ1n) is 7.74. The summed E-state index contributed by atoms with van der Waals surface area (Å²) in [6.45, 7) is 8.77. The van der Waals surface area contributed by atoms with Crippen molar-refractivity contribution >= 4 is 0 Å². The zero-order valence-electron chi connectivity index (χ0n) is 14.3. The number of likely N-dealkylation sites (N-methyl/N-ethyl adjacent to an activating group) is 2. The molecule has 0 amide bonds. The second-order valence-electron chi connectivity index (χ2n) is 5.30. The molecule has 0 spiro atoms. The molecule has 0 fully saturated rings. The highest BCUT2D eigenvalue weighted by molar-refractivity contribution is 5.43. The molecule has 4 heteroatoms. The number of hydrogen-bond donors (Lipinski definition) is 1. The van der Waals surface area contributed by atoms with Gasteiger partial charge in [-0.05, 0) is 44.6 Å². The molecule has 0 saturated heterocycles. The van der Waals surface area contributed by atoms with Crippen molar-refractivity contribution in [1.29, 1.82) is 0 Å². The Kier molecular flexibility index (Phi) is 7.54. The molecule has 0 bridgehead atoms. The molecule has 21 heavy (non-hydrogen) atoms. The van der Waals surface area contributed by atoms with Crippen LogP contribution in [0.5, 0.6) is 11.5 Å². The van der Waals surface area contributed by atoms with Crippen molar-refractivity contribution in [2.24, 2.45) is 0 Å². The smallest absolute Gasteiger partial charge is 0.161 e. The predicted octanol–water partition coefficient (Wildman–Crippen LogP) is 3.08. The van der Waals surface area contributed by atoms with E-state index in [9.17, 15) is 0 Å². The summed E-state index contributed by atoms with van der Waals surface area (Å²) in [6, 6.07) is 7.00. The minimum Gasteiger partial charge on any atom is -0.493 e. The molecule has 0 aliphatic rings. The molecule has 0 heterocycles. The van der Waals surface area contributed by atoms with Gasteiger partial charge in [0.05, 0.1) is 14.2 Å². The first-order chi connectivity index (χ1) is 10.1. The highest BCUT2D eigenvalue weighted by atomic mass is 16.5. The minimum atomic E-state index is 0.277. The fourth-order valence-corrected chi connectivity index (χ4v) is 2.55. The summed E-state index contributed by atoms with van der Waals surface area (Å²) in [6.07, 6.45) is 1.16. The Bertz CT molecular complexity index is 423. The van der Waals surface area contributed by atoms with E-state index in [-0.39, 0.29) is 6.04 Å². The first-order valence-corrected chi connectivity index (χ1v) is 7.74. The van der Waals surface area contributed by atoms with Crippen molar-refractivity contribution in [1.82, 2.24) is 10.2 Å². The van der Waals surface area contributed by atoms with Gasteiger partial charge in [0.15, 0.2) is 11.5 Å². The molecule has 1 N–H and O–H groups in total. The lowest BCUT2D eigenvalue weighted by Gasteiger charge is -2.31. The van der Waals surface area contributed by atoms with Crippen LogP contribution in [-0.2, 0) is 0 Å². The normalized spacial score (nSPS) is 14.0. The van der Waals surface area contributed by atoms with Gasteiger partial charge >= 0.3 is 0 Å². The van der Waals surface area contributed by atoms with E-state index in [4.69, 9.17) is 9.47 Å². The molecule has 0 radical (unpaired) electrons. The summed E-state index contributed by atoms with van der Waals surface area (Å²) in [7, 11) is 5.34. The van der Waals surface area contributed by atoms with Gasteiger partial charge in [-0.2, -0.15) is 0 Å². The van der Waals surface area contributed by atoms with Crippen LogP contribution in [0.4, 0.5) is 0 Å². The van der Waals surface area contributed by atoms with E-state index >= 15 is 0 Å². The van der Waals surface area contributed by atoms with E-state index in [0.29, 0.717) is 6.04 Å². The third-order valence-corrected chi connectivity index (χ3v) is 4.20. The van der Waals surface area contributed by atoms with Crippen LogP contribution >= 0.6 is 0 Å². The summed E-state index contributed by atoms with van der Waals surface area (Å²) in [4.78, 5) is 2.50. The van der Waals surface area contributed by atoms with E-state index in [2.05, 4.69) is 43.1 Å². The molecule has 2 atom stereocenters. The lowest BCUT2D eigenvalue weighted by atomic mass is 10.0. The monoisotopic (exact) mass is 294 g/mol. The van der Waals surface area contributed by atoms with Crippen LogP contribution in [0.2, 0.25) is 0 Å². The Morgan fingerprint density at radius 1 is 1.14 bits per heavy atom. The number of nitrogens with one attached hydrogen (secondary N) is 1.